The average molecular weight is 281 g/mol. The van der Waals surface area contributed by atoms with Crippen molar-refractivity contribution in [2.24, 2.45) is 5.73 Å². The summed E-state index contributed by atoms with van der Waals surface area (Å²) in [5, 5.41) is 2.78. The first-order valence-electron chi connectivity index (χ1n) is 6.91. The summed E-state index contributed by atoms with van der Waals surface area (Å²) < 4.78 is 0. The number of carbonyl (C=O) groups is 1. The molecule has 2 unspecified atom stereocenters. The molecule has 4 nitrogen and oxygen atoms in total. The van der Waals surface area contributed by atoms with E-state index < -0.39 is 0 Å². The fraction of sp³-hybridized carbons (Fsp3) is 0.643. The van der Waals surface area contributed by atoms with Crippen LogP contribution in [0.15, 0.2) is 12.1 Å². The minimum Gasteiger partial charge on any atom is -0.358 e. The lowest BCUT2D eigenvalue weighted by Gasteiger charge is -2.39. The van der Waals surface area contributed by atoms with Crippen LogP contribution in [-0.2, 0) is 4.79 Å². The van der Waals surface area contributed by atoms with Gasteiger partial charge in [0.2, 0.25) is 5.91 Å². The van der Waals surface area contributed by atoms with Crippen LogP contribution in [0.4, 0.5) is 0 Å². The Hall–Kier alpha value is -0.910. The summed E-state index contributed by atoms with van der Waals surface area (Å²) in [6.45, 7) is 3.62. The Labute approximate surface area is 119 Å². The second kappa shape index (κ2) is 6.50. The minimum absolute atomic E-state index is 0.0327. The van der Waals surface area contributed by atoms with E-state index in [0.29, 0.717) is 6.54 Å². The van der Waals surface area contributed by atoms with Gasteiger partial charge in [0.05, 0.1) is 12.1 Å². The molecule has 1 aromatic rings. The third-order valence-corrected chi connectivity index (χ3v) is 4.91. The monoisotopic (exact) mass is 281 g/mol. The number of amides is 1. The van der Waals surface area contributed by atoms with Gasteiger partial charge in [-0.25, -0.2) is 0 Å². The molecule has 2 rings (SSSR count). The number of hydrogen-bond acceptors (Lipinski definition) is 4. The Kier molecular flexibility index (Phi) is 4.96. The van der Waals surface area contributed by atoms with Gasteiger partial charge >= 0.3 is 0 Å². The highest BCUT2D eigenvalue weighted by Crippen LogP contribution is 2.31. The second-order valence-corrected chi connectivity index (χ2v) is 6.38. The number of thiophene rings is 1. The normalized spacial score (nSPS) is 22.2. The lowest BCUT2D eigenvalue weighted by molar-refractivity contribution is -0.128. The Morgan fingerprint density at radius 2 is 2.37 bits per heavy atom. The van der Waals surface area contributed by atoms with Crippen molar-refractivity contribution < 1.29 is 4.79 Å². The number of hydrogen-bond donors (Lipinski definition) is 2. The Morgan fingerprint density at radius 1 is 1.58 bits per heavy atom. The lowest BCUT2D eigenvalue weighted by Crippen LogP contribution is -2.51. The van der Waals surface area contributed by atoms with Gasteiger partial charge in [0.1, 0.15) is 0 Å². The molecule has 19 heavy (non-hydrogen) atoms. The van der Waals surface area contributed by atoms with Crippen molar-refractivity contribution in [1.29, 1.82) is 0 Å². The minimum atomic E-state index is -0.0327. The van der Waals surface area contributed by atoms with Crippen LogP contribution in [0.3, 0.4) is 0 Å². The first kappa shape index (κ1) is 14.5. The van der Waals surface area contributed by atoms with E-state index in [9.17, 15) is 4.79 Å². The van der Waals surface area contributed by atoms with E-state index in [4.69, 9.17) is 5.73 Å². The molecule has 0 radical (unpaired) electrons. The van der Waals surface area contributed by atoms with Crippen molar-refractivity contribution in [1.82, 2.24) is 10.2 Å². The van der Waals surface area contributed by atoms with Gasteiger partial charge < -0.3 is 11.1 Å². The van der Waals surface area contributed by atoms with Crippen LogP contribution >= 0.6 is 11.3 Å². The lowest BCUT2D eigenvalue weighted by atomic mass is 9.98. The van der Waals surface area contributed by atoms with Crippen molar-refractivity contribution in [2.45, 2.75) is 38.3 Å². The van der Waals surface area contributed by atoms with Crippen molar-refractivity contribution >= 4 is 17.2 Å². The van der Waals surface area contributed by atoms with Crippen LogP contribution in [0.25, 0.3) is 0 Å². The van der Waals surface area contributed by atoms with E-state index >= 15 is 0 Å². The van der Waals surface area contributed by atoms with Crippen molar-refractivity contribution in [3.63, 3.8) is 0 Å². The molecular formula is C14H23N3OS. The molecule has 1 aliphatic heterocycles. The largest absolute Gasteiger partial charge is 0.358 e. The number of aryl methyl sites for hydroxylation is 1. The van der Waals surface area contributed by atoms with E-state index in [-0.39, 0.29) is 18.0 Å². The molecular weight excluding hydrogens is 258 g/mol. The number of nitrogens with zero attached hydrogens (tertiary/aromatic N) is 1. The summed E-state index contributed by atoms with van der Waals surface area (Å²) in [6.07, 6.45) is 3.20. The topological polar surface area (TPSA) is 58.4 Å². The van der Waals surface area contributed by atoms with Gasteiger partial charge in [0.15, 0.2) is 0 Å². The summed E-state index contributed by atoms with van der Waals surface area (Å²) in [5.74, 6) is 0.117. The molecule has 2 heterocycles. The van der Waals surface area contributed by atoms with E-state index in [0.717, 1.165) is 25.8 Å². The number of likely N-dealkylation sites (tertiary alicyclic amines) is 1. The molecule has 1 saturated heterocycles. The third-order valence-electron chi connectivity index (χ3n) is 3.81. The van der Waals surface area contributed by atoms with Crippen LogP contribution < -0.4 is 11.1 Å². The van der Waals surface area contributed by atoms with Gasteiger partial charge in [-0.05, 0) is 38.4 Å². The molecule has 0 aliphatic carbocycles. The van der Waals surface area contributed by atoms with Crippen LogP contribution in [0.1, 0.15) is 35.1 Å². The maximum atomic E-state index is 12.0. The molecule has 1 amide bonds. The first-order valence-corrected chi connectivity index (χ1v) is 7.72. The third kappa shape index (κ3) is 3.16. The summed E-state index contributed by atoms with van der Waals surface area (Å²) >= 11 is 1.78. The molecule has 0 aromatic carbocycles. The Morgan fingerprint density at radius 3 is 2.95 bits per heavy atom. The molecule has 1 aromatic heterocycles. The first-order chi connectivity index (χ1) is 9.17. The molecule has 3 N–H and O–H groups in total. The van der Waals surface area contributed by atoms with Crippen molar-refractivity contribution in [3.8, 4) is 0 Å². The predicted molar refractivity (Wildman–Crippen MR) is 79.3 cm³/mol. The number of likely N-dealkylation sites (N-methyl/N-ethyl adjacent to an activating group) is 1. The van der Waals surface area contributed by atoms with Crippen LogP contribution in [0.2, 0.25) is 0 Å². The van der Waals surface area contributed by atoms with Gasteiger partial charge in [0, 0.05) is 23.3 Å². The predicted octanol–water partition coefficient (Wildman–Crippen LogP) is 1.66. The van der Waals surface area contributed by atoms with Gasteiger partial charge in [-0.15, -0.1) is 11.3 Å². The number of rotatable bonds is 4. The van der Waals surface area contributed by atoms with Gasteiger partial charge in [-0.1, -0.05) is 6.42 Å². The molecule has 5 heteroatoms. The number of carbonyl (C=O) groups excluding carboxylic acids is 1. The zero-order valence-corrected chi connectivity index (χ0v) is 12.5. The fourth-order valence-electron chi connectivity index (χ4n) is 2.82. The summed E-state index contributed by atoms with van der Waals surface area (Å²) in [6, 6.07) is 4.41. The Balaban J connectivity index is 2.21. The summed E-state index contributed by atoms with van der Waals surface area (Å²) in [5.41, 5.74) is 5.98. The molecule has 1 fully saturated rings. The molecule has 0 spiro atoms. The zero-order chi connectivity index (χ0) is 13.8. The number of nitrogens with two attached hydrogens (primary N) is 1. The van der Waals surface area contributed by atoms with Crippen LogP contribution in [-0.4, -0.2) is 37.0 Å². The van der Waals surface area contributed by atoms with E-state index in [1.165, 1.54) is 9.75 Å². The van der Waals surface area contributed by atoms with Gasteiger partial charge in [-0.3, -0.25) is 9.69 Å². The fourth-order valence-corrected chi connectivity index (χ4v) is 3.83. The second-order valence-electron chi connectivity index (χ2n) is 5.06. The van der Waals surface area contributed by atoms with Crippen LogP contribution in [0, 0.1) is 6.92 Å². The van der Waals surface area contributed by atoms with E-state index in [1.807, 2.05) is 0 Å². The highest BCUT2D eigenvalue weighted by molar-refractivity contribution is 7.12. The number of nitrogens with one attached hydrogen (secondary N) is 1. The zero-order valence-electron chi connectivity index (χ0n) is 11.7. The van der Waals surface area contributed by atoms with E-state index in [2.05, 4.69) is 29.3 Å². The highest BCUT2D eigenvalue weighted by atomic mass is 32.1. The molecule has 0 bridgehead atoms. The summed E-state index contributed by atoms with van der Waals surface area (Å²) in [7, 11) is 1.71. The van der Waals surface area contributed by atoms with Crippen LogP contribution in [0.5, 0.6) is 0 Å². The molecule has 0 saturated carbocycles. The average Bonchev–Trinajstić information content (AvgIpc) is 2.86. The van der Waals surface area contributed by atoms with Crippen molar-refractivity contribution in [2.75, 3.05) is 20.1 Å². The van der Waals surface area contributed by atoms with E-state index in [1.54, 1.807) is 18.4 Å². The number of piperidine rings is 1. The molecule has 106 valence electrons. The van der Waals surface area contributed by atoms with Crippen molar-refractivity contribution in [3.05, 3.63) is 21.9 Å². The maximum Gasteiger partial charge on any atom is 0.237 e. The summed E-state index contributed by atoms with van der Waals surface area (Å²) in [4.78, 5) is 16.9. The maximum absolute atomic E-state index is 12.0. The highest BCUT2D eigenvalue weighted by Gasteiger charge is 2.33. The van der Waals surface area contributed by atoms with Gasteiger partial charge in [-0.2, -0.15) is 0 Å². The standard InChI is InChI=1S/C14H23N3OS/c1-10-6-7-13(19-10)12(9-15)17-8-4-3-5-11(17)14(18)16-2/h6-7,11-12H,3-5,8-9,15H2,1-2H3,(H,16,18). The van der Waals surface area contributed by atoms with Gasteiger partial charge in [0.25, 0.3) is 0 Å². The molecule has 1 aliphatic rings. The Bertz CT molecular complexity index is 432. The smallest absolute Gasteiger partial charge is 0.237 e. The quantitative estimate of drug-likeness (QED) is 0.882. The molecule has 2 atom stereocenters. The SMILES string of the molecule is CNC(=O)C1CCCCN1C(CN)c1ccc(C)s1.